The van der Waals surface area contributed by atoms with E-state index >= 15 is 0 Å². The fourth-order valence-electron chi connectivity index (χ4n) is 2.49. The first-order valence-electron chi connectivity index (χ1n) is 7.11. The number of carbonyl (C=O) groups is 1. The number of benzene rings is 2. The number of amides is 1. The summed E-state index contributed by atoms with van der Waals surface area (Å²) in [6.45, 7) is 3.98. The van der Waals surface area contributed by atoms with Gasteiger partial charge in [-0.2, -0.15) is 5.10 Å². The number of nitrogens with one attached hydrogen (secondary N) is 2. The number of nitrogens with zero attached hydrogens (tertiary/aromatic N) is 1. The lowest BCUT2D eigenvalue weighted by atomic mass is 10.1. The summed E-state index contributed by atoms with van der Waals surface area (Å²) in [5.41, 5.74) is 5.49. The molecule has 1 aromatic heterocycles. The first-order valence-corrected chi connectivity index (χ1v) is 7.11. The standard InChI is InChI=1S/C18H17N3O/c1-12-8-13(2)10-15(9-12)18(22)20-16-5-3-4-14(11-16)17-6-7-19-21-17/h3-11H,1-2H3,(H,19,21)(H,20,22). The van der Waals surface area contributed by atoms with Crippen molar-refractivity contribution < 1.29 is 4.79 Å². The quantitative estimate of drug-likeness (QED) is 0.767. The molecule has 0 spiro atoms. The molecule has 1 heterocycles. The van der Waals surface area contributed by atoms with Crippen LogP contribution in [0.4, 0.5) is 5.69 Å². The number of hydrogen-bond acceptors (Lipinski definition) is 2. The van der Waals surface area contributed by atoms with Crippen molar-refractivity contribution in [3.63, 3.8) is 0 Å². The van der Waals surface area contributed by atoms with E-state index in [0.717, 1.165) is 28.1 Å². The number of hydrogen-bond donors (Lipinski definition) is 2. The molecule has 0 bridgehead atoms. The number of rotatable bonds is 3. The zero-order valence-electron chi connectivity index (χ0n) is 12.6. The summed E-state index contributed by atoms with van der Waals surface area (Å²) in [6.07, 6.45) is 1.70. The van der Waals surface area contributed by atoms with Crippen molar-refractivity contribution in [3.8, 4) is 11.3 Å². The highest BCUT2D eigenvalue weighted by atomic mass is 16.1. The van der Waals surface area contributed by atoms with Gasteiger partial charge in [0, 0.05) is 23.0 Å². The predicted molar refractivity (Wildman–Crippen MR) is 87.9 cm³/mol. The Hall–Kier alpha value is -2.88. The first-order chi connectivity index (χ1) is 10.6. The molecule has 0 saturated carbocycles. The van der Waals surface area contributed by atoms with Gasteiger partial charge in [-0.25, -0.2) is 0 Å². The lowest BCUT2D eigenvalue weighted by Crippen LogP contribution is -2.12. The van der Waals surface area contributed by atoms with E-state index in [1.807, 2.05) is 56.3 Å². The highest BCUT2D eigenvalue weighted by Crippen LogP contribution is 2.21. The van der Waals surface area contributed by atoms with Gasteiger partial charge in [0.2, 0.25) is 0 Å². The van der Waals surface area contributed by atoms with Crippen LogP contribution in [-0.4, -0.2) is 16.1 Å². The number of aromatic amines is 1. The van der Waals surface area contributed by atoms with Gasteiger partial charge in [-0.1, -0.05) is 29.3 Å². The highest BCUT2D eigenvalue weighted by molar-refractivity contribution is 6.04. The van der Waals surface area contributed by atoms with Gasteiger partial charge in [0.1, 0.15) is 0 Å². The third kappa shape index (κ3) is 3.06. The minimum atomic E-state index is -0.103. The van der Waals surface area contributed by atoms with Crippen molar-refractivity contribution in [1.82, 2.24) is 10.2 Å². The molecule has 0 unspecified atom stereocenters. The van der Waals surface area contributed by atoms with Gasteiger partial charge in [-0.3, -0.25) is 9.89 Å². The first kappa shape index (κ1) is 14.1. The van der Waals surface area contributed by atoms with Crippen LogP contribution in [0.15, 0.2) is 54.7 Å². The zero-order valence-corrected chi connectivity index (χ0v) is 12.6. The summed E-state index contributed by atoms with van der Waals surface area (Å²) in [5, 5.41) is 9.80. The van der Waals surface area contributed by atoms with Crippen molar-refractivity contribution in [3.05, 3.63) is 71.4 Å². The molecule has 0 aliphatic rings. The average Bonchev–Trinajstić information content (AvgIpc) is 3.00. The summed E-state index contributed by atoms with van der Waals surface area (Å²) < 4.78 is 0. The Morgan fingerprint density at radius 2 is 1.82 bits per heavy atom. The Morgan fingerprint density at radius 3 is 2.50 bits per heavy atom. The minimum Gasteiger partial charge on any atom is -0.322 e. The van der Waals surface area contributed by atoms with Crippen LogP contribution in [0.25, 0.3) is 11.3 Å². The molecule has 0 fully saturated rings. The SMILES string of the molecule is Cc1cc(C)cc(C(=O)Nc2cccc(-c3ccn[nH]3)c2)c1. The summed E-state index contributed by atoms with van der Waals surface area (Å²) in [4.78, 5) is 12.4. The van der Waals surface area contributed by atoms with E-state index in [2.05, 4.69) is 21.6 Å². The van der Waals surface area contributed by atoms with Crippen LogP contribution in [-0.2, 0) is 0 Å². The molecule has 3 rings (SSSR count). The fourth-order valence-corrected chi connectivity index (χ4v) is 2.49. The second-order valence-electron chi connectivity index (χ2n) is 5.38. The van der Waals surface area contributed by atoms with E-state index in [1.165, 1.54) is 0 Å². The Balaban J connectivity index is 1.84. The van der Waals surface area contributed by atoms with Crippen LogP contribution in [0.5, 0.6) is 0 Å². The van der Waals surface area contributed by atoms with Crippen molar-refractivity contribution >= 4 is 11.6 Å². The summed E-state index contributed by atoms with van der Waals surface area (Å²) in [6, 6.07) is 15.4. The molecule has 22 heavy (non-hydrogen) atoms. The fraction of sp³-hybridized carbons (Fsp3) is 0.111. The van der Waals surface area contributed by atoms with Gasteiger partial charge in [0.05, 0.1) is 5.69 Å². The average molecular weight is 291 g/mol. The number of aryl methyl sites for hydroxylation is 2. The van der Waals surface area contributed by atoms with Crippen LogP contribution >= 0.6 is 0 Å². The van der Waals surface area contributed by atoms with Crippen molar-refractivity contribution in [2.75, 3.05) is 5.32 Å². The van der Waals surface area contributed by atoms with Gasteiger partial charge in [0.25, 0.3) is 5.91 Å². The highest BCUT2D eigenvalue weighted by Gasteiger charge is 2.08. The molecule has 0 aliphatic carbocycles. The maximum atomic E-state index is 12.4. The van der Waals surface area contributed by atoms with Crippen LogP contribution in [0.2, 0.25) is 0 Å². The molecular weight excluding hydrogens is 274 g/mol. The van der Waals surface area contributed by atoms with Gasteiger partial charge in [-0.05, 0) is 44.2 Å². The molecule has 2 aromatic carbocycles. The van der Waals surface area contributed by atoms with Crippen molar-refractivity contribution in [1.29, 1.82) is 0 Å². The monoisotopic (exact) mass is 291 g/mol. The molecule has 0 saturated heterocycles. The molecule has 2 N–H and O–H groups in total. The van der Waals surface area contributed by atoms with E-state index in [1.54, 1.807) is 6.20 Å². The third-order valence-corrected chi connectivity index (χ3v) is 3.42. The molecule has 3 aromatic rings. The van der Waals surface area contributed by atoms with E-state index in [0.29, 0.717) is 5.56 Å². The molecular formula is C18H17N3O. The van der Waals surface area contributed by atoms with Gasteiger partial charge >= 0.3 is 0 Å². The number of H-pyrrole nitrogens is 1. The van der Waals surface area contributed by atoms with E-state index < -0.39 is 0 Å². The summed E-state index contributed by atoms with van der Waals surface area (Å²) in [7, 11) is 0. The topological polar surface area (TPSA) is 57.8 Å². The summed E-state index contributed by atoms with van der Waals surface area (Å²) in [5.74, 6) is -0.103. The number of anilines is 1. The van der Waals surface area contributed by atoms with Gasteiger partial charge in [-0.15, -0.1) is 0 Å². The second-order valence-corrected chi connectivity index (χ2v) is 5.38. The predicted octanol–water partition coefficient (Wildman–Crippen LogP) is 3.95. The molecule has 0 aliphatic heterocycles. The van der Waals surface area contributed by atoms with Crippen molar-refractivity contribution in [2.45, 2.75) is 13.8 Å². The van der Waals surface area contributed by atoms with Crippen LogP contribution in [0, 0.1) is 13.8 Å². The smallest absolute Gasteiger partial charge is 0.255 e. The Kier molecular flexibility index (Phi) is 3.74. The minimum absolute atomic E-state index is 0.103. The molecule has 0 atom stereocenters. The normalized spacial score (nSPS) is 10.5. The van der Waals surface area contributed by atoms with Crippen LogP contribution in [0.1, 0.15) is 21.5 Å². The van der Waals surface area contributed by atoms with Crippen LogP contribution in [0.3, 0.4) is 0 Å². The Bertz CT molecular complexity index is 787. The molecule has 0 radical (unpaired) electrons. The number of aromatic nitrogens is 2. The van der Waals surface area contributed by atoms with Gasteiger partial charge < -0.3 is 5.32 Å². The number of carbonyl (C=O) groups excluding carboxylic acids is 1. The maximum Gasteiger partial charge on any atom is 0.255 e. The molecule has 1 amide bonds. The summed E-state index contributed by atoms with van der Waals surface area (Å²) >= 11 is 0. The van der Waals surface area contributed by atoms with E-state index in [4.69, 9.17) is 0 Å². The Labute approximate surface area is 129 Å². The largest absolute Gasteiger partial charge is 0.322 e. The molecule has 110 valence electrons. The van der Waals surface area contributed by atoms with Gasteiger partial charge in [0.15, 0.2) is 0 Å². The third-order valence-electron chi connectivity index (χ3n) is 3.42. The lowest BCUT2D eigenvalue weighted by molar-refractivity contribution is 0.102. The van der Waals surface area contributed by atoms with E-state index in [-0.39, 0.29) is 5.91 Å². The zero-order chi connectivity index (χ0) is 15.5. The Morgan fingerprint density at radius 1 is 1.05 bits per heavy atom. The molecule has 4 nitrogen and oxygen atoms in total. The molecule has 4 heteroatoms. The maximum absolute atomic E-state index is 12.4. The van der Waals surface area contributed by atoms with Crippen LogP contribution < -0.4 is 5.32 Å². The second kappa shape index (κ2) is 5.85. The van der Waals surface area contributed by atoms with Crippen molar-refractivity contribution in [2.24, 2.45) is 0 Å². The lowest BCUT2D eigenvalue weighted by Gasteiger charge is -2.08. The van der Waals surface area contributed by atoms with E-state index in [9.17, 15) is 4.79 Å².